The van der Waals surface area contributed by atoms with Gasteiger partial charge in [-0.2, -0.15) is 0 Å². The smallest absolute Gasteiger partial charge is 0.152 e. The molecule has 0 amide bonds. The fourth-order valence-electron chi connectivity index (χ4n) is 2.10. The Hall–Kier alpha value is -2.35. The molecule has 0 fully saturated rings. The second-order valence-electron chi connectivity index (χ2n) is 3.92. The van der Waals surface area contributed by atoms with Crippen molar-refractivity contribution in [2.24, 2.45) is 0 Å². The van der Waals surface area contributed by atoms with Crippen molar-refractivity contribution in [2.45, 2.75) is 0 Å². The third-order valence-corrected chi connectivity index (χ3v) is 2.90. The maximum Gasteiger partial charge on any atom is 0.152 e. The van der Waals surface area contributed by atoms with Gasteiger partial charge in [0.15, 0.2) is 6.29 Å². The maximum atomic E-state index is 11.1. The molecule has 0 bridgehead atoms. The third kappa shape index (κ3) is 1.54. The van der Waals surface area contributed by atoms with Gasteiger partial charge < -0.3 is 4.57 Å². The van der Waals surface area contributed by atoms with E-state index in [1.54, 1.807) is 0 Å². The largest absolute Gasteiger partial charge is 0.316 e. The fraction of sp³-hybridized carbons (Fsp3) is 0. The average molecular weight is 221 g/mol. The molecule has 0 radical (unpaired) electrons. The van der Waals surface area contributed by atoms with Crippen molar-refractivity contribution in [1.82, 2.24) is 4.57 Å². The molecule has 0 aliphatic carbocycles. The molecule has 0 aliphatic rings. The molecule has 0 N–H and O–H groups in total. The highest BCUT2D eigenvalue weighted by Gasteiger charge is 2.07. The highest BCUT2D eigenvalue weighted by atomic mass is 16.1. The van der Waals surface area contributed by atoms with Gasteiger partial charge in [-0.25, -0.2) is 0 Å². The molecule has 0 atom stereocenters. The minimum absolute atomic E-state index is 0.726. The molecule has 2 heteroatoms. The van der Waals surface area contributed by atoms with Crippen LogP contribution in [-0.4, -0.2) is 10.9 Å². The van der Waals surface area contributed by atoms with Gasteiger partial charge in [-0.1, -0.05) is 36.4 Å². The Labute approximate surface area is 99.1 Å². The summed E-state index contributed by atoms with van der Waals surface area (Å²) in [5.74, 6) is 0. The van der Waals surface area contributed by atoms with E-state index in [1.807, 2.05) is 65.4 Å². The van der Waals surface area contributed by atoms with Gasteiger partial charge in [-0.15, -0.1) is 0 Å². The van der Waals surface area contributed by atoms with Crippen molar-refractivity contribution in [3.05, 3.63) is 66.4 Å². The summed E-state index contributed by atoms with van der Waals surface area (Å²) in [6.45, 7) is 0. The molecule has 0 unspecified atom stereocenters. The lowest BCUT2D eigenvalue weighted by Gasteiger charge is -2.04. The van der Waals surface area contributed by atoms with Crippen LogP contribution in [0.1, 0.15) is 10.4 Å². The number of carbonyl (C=O) groups excluding carboxylic acids is 1. The molecule has 1 heterocycles. The van der Waals surface area contributed by atoms with Crippen LogP contribution < -0.4 is 0 Å². The summed E-state index contributed by atoms with van der Waals surface area (Å²) in [6, 6.07) is 17.9. The first-order valence-corrected chi connectivity index (χ1v) is 5.51. The van der Waals surface area contributed by atoms with E-state index in [0.29, 0.717) is 0 Å². The molecule has 2 nitrogen and oxygen atoms in total. The molecule has 2 aromatic carbocycles. The normalized spacial score (nSPS) is 10.6. The number of aldehydes is 1. The third-order valence-electron chi connectivity index (χ3n) is 2.90. The summed E-state index contributed by atoms with van der Waals surface area (Å²) in [6.07, 6.45) is 2.79. The molecule has 17 heavy (non-hydrogen) atoms. The molecule has 0 aliphatic heterocycles. The lowest BCUT2D eigenvalue weighted by atomic mass is 10.2. The molecule has 0 saturated heterocycles. The van der Waals surface area contributed by atoms with Gasteiger partial charge in [-0.05, 0) is 18.2 Å². The maximum absolute atomic E-state index is 11.1. The topological polar surface area (TPSA) is 22.0 Å². The minimum Gasteiger partial charge on any atom is -0.316 e. The van der Waals surface area contributed by atoms with Crippen LogP contribution in [-0.2, 0) is 0 Å². The second-order valence-corrected chi connectivity index (χ2v) is 3.92. The number of nitrogens with zero attached hydrogens (tertiary/aromatic N) is 1. The number of para-hydroxylation sites is 2. The quantitative estimate of drug-likeness (QED) is 0.607. The Bertz CT molecular complexity index is 668. The van der Waals surface area contributed by atoms with E-state index in [9.17, 15) is 4.79 Å². The van der Waals surface area contributed by atoms with Gasteiger partial charge in [0.2, 0.25) is 0 Å². The number of aromatic nitrogens is 1. The number of carbonyl (C=O) groups is 1. The molecule has 3 rings (SSSR count). The first kappa shape index (κ1) is 9.85. The predicted octanol–water partition coefficient (Wildman–Crippen LogP) is 3.44. The number of benzene rings is 2. The Morgan fingerprint density at radius 3 is 2.35 bits per heavy atom. The van der Waals surface area contributed by atoms with E-state index >= 15 is 0 Å². The van der Waals surface area contributed by atoms with E-state index in [0.717, 1.165) is 28.4 Å². The van der Waals surface area contributed by atoms with E-state index in [4.69, 9.17) is 0 Å². The Kier molecular flexibility index (Phi) is 2.26. The van der Waals surface area contributed by atoms with Gasteiger partial charge in [0, 0.05) is 22.8 Å². The Morgan fingerprint density at radius 2 is 1.59 bits per heavy atom. The summed E-state index contributed by atoms with van der Waals surface area (Å²) in [5.41, 5.74) is 2.85. The summed E-state index contributed by atoms with van der Waals surface area (Å²) < 4.78 is 2.04. The summed E-state index contributed by atoms with van der Waals surface area (Å²) in [5, 5.41) is 0.992. The zero-order chi connectivity index (χ0) is 11.7. The lowest BCUT2D eigenvalue weighted by Crippen LogP contribution is -1.90. The number of fused-ring (bicyclic) bond motifs is 1. The standard InChI is InChI=1S/C15H11NO/c17-11-12-10-16(13-6-2-1-3-7-13)15-9-5-4-8-14(12)15/h1-11H. The molecule has 1 aromatic heterocycles. The van der Waals surface area contributed by atoms with Gasteiger partial charge in [0.25, 0.3) is 0 Å². The van der Waals surface area contributed by atoms with Crippen LogP contribution in [0.25, 0.3) is 16.6 Å². The molecule has 82 valence electrons. The molecule has 0 saturated carbocycles. The number of hydrogen-bond acceptors (Lipinski definition) is 1. The Balaban J connectivity index is 2.34. The number of rotatable bonds is 2. The van der Waals surface area contributed by atoms with Crippen molar-refractivity contribution in [1.29, 1.82) is 0 Å². The van der Waals surface area contributed by atoms with Crippen molar-refractivity contribution in [2.75, 3.05) is 0 Å². The van der Waals surface area contributed by atoms with Crippen LogP contribution in [0.4, 0.5) is 0 Å². The van der Waals surface area contributed by atoms with Crippen LogP contribution in [0.2, 0.25) is 0 Å². The highest BCUT2D eigenvalue weighted by Crippen LogP contribution is 2.23. The molecular formula is C15H11NO. The summed E-state index contributed by atoms with van der Waals surface area (Å²) in [7, 11) is 0. The second kappa shape index (κ2) is 3.91. The van der Waals surface area contributed by atoms with E-state index < -0.39 is 0 Å². The molecular weight excluding hydrogens is 210 g/mol. The van der Waals surface area contributed by atoms with Crippen LogP contribution in [0.15, 0.2) is 60.8 Å². The average Bonchev–Trinajstić information content (AvgIpc) is 2.78. The van der Waals surface area contributed by atoms with Crippen LogP contribution in [0.5, 0.6) is 0 Å². The van der Waals surface area contributed by atoms with Crippen molar-refractivity contribution in [3.8, 4) is 5.69 Å². The first-order valence-electron chi connectivity index (χ1n) is 5.51. The predicted molar refractivity (Wildman–Crippen MR) is 68.7 cm³/mol. The fourth-order valence-corrected chi connectivity index (χ4v) is 2.10. The van der Waals surface area contributed by atoms with E-state index in [1.165, 1.54) is 0 Å². The van der Waals surface area contributed by atoms with Crippen molar-refractivity contribution in [3.63, 3.8) is 0 Å². The zero-order valence-electron chi connectivity index (χ0n) is 9.21. The summed E-state index contributed by atoms with van der Waals surface area (Å²) >= 11 is 0. The highest BCUT2D eigenvalue weighted by molar-refractivity contribution is 5.98. The monoisotopic (exact) mass is 221 g/mol. The SMILES string of the molecule is O=Cc1cn(-c2ccccc2)c2ccccc12. The van der Waals surface area contributed by atoms with Crippen LogP contribution >= 0.6 is 0 Å². The van der Waals surface area contributed by atoms with Crippen molar-refractivity contribution >= 4 is 17.2 Å². The van der Waals surface area contributed by atoms with Crippen LogP contribution in [0.3, 0.4) is 0 Å². The van der Waals surface area contributed by atoms with Gasteiger partial charge in [0.05, 0.1) is 5.52 Å². The van der Waals surface area contributed by atoms with Crippen LogP contribution in [0, 0.1) is 0 Å². The zero-order valence-corrected chi connectivity index (χ0v) is 9.21. The van der Waals surface area contributed by atoms with E-state index in [2.05, 4.69) is 0 Å². The first-order chi connectivity index (χ1) is 8.40. The molecule has 0 spiro atoms. The lowest BCUT2D eigenvalue weighted by molar-refractivity contribution is 0.112. The van der Waals surface area contributed by atoms with Gasteiger partial charge in [-0.3, -0.25) is 4.79 Å². The van der Waals surface area contributed by atoms with Crippen molar-refractivity contribution < 1.29 is 4.79 Å². The Morgan fingerprint density at radius 1 is 0.882 bits per heavy atom. The van der Waals surface area contributed by atoms with Gasteiger partial charge >= 0.3 is 0 Å². The number of hydrogen-bond donors (Lipinski definition) is 0. The molecule has 3 aromatic rings. The van der Waals surface area contributed by atoms with E-state index in [-0.39, 0.29) is 0 Å². The summed E-state index contributed by atoms with van der Waals surface area (Å²) in [4.78, 5) is 11.1. The minimum atomic E-state index is 0.726. The van der Waals surface area contributed by atoms with Gasteiger partial charge in [0.1, 0.15) is 0 Å².